The molecule has 0 bridgehead atoms. The third-order valence-electron chi connectivity index (χ3n) is 7.31. The van der Waals surface area contributed by atoms with Crippen molar-refractivity contribution in [3.8, 4) is 22.6 Å². The van der Waals surface area contributed by atoms with Crippen LogP contribution >= 0.6 is 0 Å². The molecule has 0 atom stereocenters. The number of hydrogen-bond donors (Lipinski definition) is 0. The Morgan fingerprint density at radius 2 is 1.03 bits per heavy atom. The second kappa shape index (κ2) is 6.33. The molecule has 34 heavy (non-hydrogen) atoms. The normalized spacial score (nSPS) is 14.5. The summed E-state index contributed by atoms with van der Waals surface area (Å²) in [5.74, 6) is 1.81. The van der Waals surface area contributed by atoms with Crippen LogP contribution in [0.2, 0.25) is 0 Å². The number of pyridine rings is 1. The molecule has 3 heterocycles. The Balaban J connectivity index is 1.81. The molecule has 0 spiro atoms. The van der Waals surface area contributed by atoms with Gasteiger partial charge in [-0.3, -0.25) is 0 Å². The van der Waals surface area contributed by atoms with Crippen molar-refractivity contribution in [2.24, 2.45) is 0 Å². The summed E-state index contributed by atoms with van der Waals surface area (Å²) in [4.78, 5) is 5.21. The Morgan fingerprint density at radius 3 is 1.65 bits per heavy atom. The Morgan fingerprint density at radius 1 is 0.529 bits per heavy atom. The van der Waals surface area contributed by atoms with Gasteiger partial charge in [0.15, 0.2) is 0 Å². The van der Waals surface area contributed by atoms with Crippen molar-refractivity contribution >= 4 is 33.2 Å². The van der Waals surface area contributed by atoms with Gasteiger partial charge in [0.1, 0.15) is 11.5 Å². The van der Waals surface area contributed by atoms with E-state index < -0.39 is 0 Å². The molecule has 0 amide bonds. The van der Waals surface area contributed by atoms with Crippen LogP contribution in [0, 0.1) is 0 Å². The van der Waals surface area contributed by atoms with Gasteiger partial charge >= 0.3 is 0 Å². The maximum Gasteiger partial charge on any atom is 0.137 e. The van der Waals surface area contributed by atoms with Crippen LogP contribution < -0.4 is 10.1 Å². The topological polar surface area (TPSA) is 36.2 Å². The number of rotatable bonds is 0. The van der Waals surface area contributed by atoms with Crippen LogP contribution in [0.5, 0.6) is 11.5 Å². The van der Waals surface area contributed by atoms with Gasteiger partial charge < -0.3 is 4.74 Å². The maximum atomic E-state index is 6.66. The van der Waals surface area contributed by atoms with E-state index in [1.807, 2.05) is 0 Å². The molecule has 3 heteroatoms. The first-order chi connectivity index (χ1) is 15.7. The monoisotopic (exact) mass is 449 g/mol. The fourth-order valence-corrected chi connectivity index (χ4v) is 5.14. The fourth-order valence-electron chi connectivity index (χ4n) is 5.14. The van der Waals surface area contributed by atoms with E-state index in [1.165, 1.54) is 22.3 Å². The lowest BCUT2D eigenvalue weighted by atomic mass is 9.80. The van der Waals surface area contributed by atoms with E-state index in [0.29, 0.717) is 0 Å². The average molecular weight is 450 g/mol. The lowest BCUT2D eigenvalue weighted by Crippen LogP contribution is -2.16. The minimum atomic E-state index is -0.00559. The van der Waals surface area contributed by atoms with E-state index >= 15 is 0 Å². The van der Waals surface area contributed by atoms with Crippen molar-refractivity contribution in [1.82, 2.24) is 10.3 Å². The zero-order valence-corrected chi connectivity index (χ0v) is 21.8. The molecule has 0 aliphatic carbocycles. The summed E-state index contributed by atoms with van der Waals surface area (Å²) in [7, 11) is 0. The fraction of sp³-hybridized carbons (Fsp3) is 0.387. The van der Waals surface area contributed by atoms with Gasteiger partial charge in [0.05, 0.1) is 33.4 Å². The van der Waals surface area contributed by atoms with E-state index in [9.17, 15) is 0 Å². The van der Waals surface area contributed by atoms with Crippen molar-refractivity contribution in [3.05, 3.63) is 53.1 Å². The van der Waals surface area contributed by atoms with E-state index in [4.69, 9.17) is 15.0 Å². The summed E-state index contributed by atoms with van der Waals surface area (Å²) in [6.07, 6.45) is 0. The van der Waals surface area contributed by atoms with Gasteiger partial charge in [-0.15, -0.1) is 0 Å². The van der Waals surface area contributed by atoms with Crippen LogP contribution in [-0.2, 0) is 16.2 Å². The molecule has 4 aromatic rings. The van der Waals surface area contributed by atoms with Gasteiger partial charge in [-0.05, 0) is 69.3 Å². The molecular formula is C31H33N2O. The molecule has 1 aromatic heterocycles. The van der Waals surface area contributed by atoms with E-state index in [2.05, 4.69) is 98.7 Å². The first-order valence-electron chi connectivity index (χ1n) is 12.3. The summed E-state index contributed by atoms with van der Waals surface area (Å²) in [6.45, 7) is 20.2. The van der Waals surface area contributed by atoms with Crippen LogP contribution in [0.1, 0.15) is 79.0 Å². The quantitative estimate of drug-likeness (QED) is 0.217. The molecular weight excluding hydrogens is 416 g/mol. The SMILES string of the molecule is CC(C)(C)c1cc2c3c(c1)Oc1cc(C(C)(C)C)cc4nc5cc(C(C)(C)C)cc(c5c-3c14)[N]2. The van der Waals surface area contributed by atoms with Crippen molar-refractivity contribution in [2.45, 2.75) is 78.6 Å². The predicted molar refractivity (Wildman–Crippen MR) is 142 cm³/mol. The zero-order valence-electron chi connectivity index (χ0n) is 21.8. The van der Waals surface area contributed by atoms with Crippen molar-refractivity contribution < 1.29 is 4.74 Å². The molecule has 173 valence electrons. The molecule has 6 rings (SSSR count). The Bertz CT molecular complexity index is 1440. The molecule has 0 N–H and O–H groups in total. The molecule has 0 saturated heterocycles. The molecule has 3 aromatic carbocycles. The molecule has 1 radical (unpaired) electrons. The van der Waals surface area contributed by atoms with Crippen LogP contribution in [0.15, 0.2) is 36.4 Å². The number of aromatic nitrogens is 1. The average Bonchev–Trinajstić information content (AvgIpc) is 2.70. The van der Waals surface area contributed by atoms with Gasteiger partial charge in [0.2, 0.25) is 0 Å². The first-order valence-corrected chi connectivity index (χ1v) is 12.3. The van der Waals surface area contributed by atoms with E-state index in [0.717, 1.165) is 50.2 Å². The standard InChI is InChI=1S/C31H33N2O/c1-29(2,3)16-10-19-25-20(11-16)33-22-13-18(31(7,8)9)15-24-27(22)28(25)26-21(32-19)12-17(30(4,5)6)14-23(26)34-24/h10-15H,1-9H3. The Kier molecular flexibility index (Phi) is 3.99. The summed E-state index contributed by atoms with van der Waals surface area (Å²) in [5.41, 5.74) is 10.1. The summed E-state index contributed by atoms with van der Waals surface area (Å²) in [6, 6.07) is 13.5. The minimum absolute atomic E-state index is 0.00559. The van der Waals surface area contributed by atoms with Gasteiger partial charge in [0.25, 0.3) is 0 Å². The van der Waals surface area contributed by atoms with Gasteiger partial charge in [-0.2, -0.15) is 0 Å². The summed E-state index contributed by atoms with van der Waals surface area (Å²) >= 11 is 0. The predicted octanol–water partition coefficient (Wildman–Crippen LogP) is 8.93. The largest absolute Gasteiger partial charge is 0.456 e. The van der Waals surface area contributed by atoms with Crippen molar-refractivity contribution in [3.63, 3.8) is 0 Å². The van der Waals surface area contributed by atoms with E-state index in [-0.39, 0.29) is 16.2 Å². The smallest absolute Gasteiger partial charge is 0.137 e. The third kappa shape index (κ3) is 2.99. The maximum absolute atomic E-state index is 6.66. The highest BCUT2D eigenvalue weighted by Crippen LogP contribution is 2.57. The number of ether oxygens (including phenoxy) is 1. The van der Waals surface area contributed by atoms with Gasteiger partial charge in [-0.25, -0.2) is 10.3 Å². The molecule has 2 aliphatic rings. The highest BCUT2D eigenvalue weighted by Gasteiger charge is 2.34. The Hall–Kier alpha value is -3.07. The van der Waals surface area contributed by atoms with Gasteiger partial charge in [0, 0.05) is 10.9 Å². The van der Waals surface area contributed by atoms with Crippen LogP contribution in [-0.4, -0.2) is 4.98 Å². The zero-order chi connectivity index (χ0) is 24.4. The first kappa shape index (κ1) is 21.5. The lowest BCUT2D eigenvalue weighted by molar-refractivity contribution is 0.479. The lowest BCUT2D eigenvalue weighted by Gasteiger charge is -2.32. The van der Waals surface area contributed by atoms with E-state index in [1.54, 1.807) is 0 Å². The van der Waals surface area contributed by atoms with Crippen LogP contribution in [0.25, 0.3) is 32.9 Å². The van der Waals surface area contributed by atoms with Crippen molar-refractivity contribution in [1.29, 1.82) is 0 Å². The third-order valence-corrected chi connectivity index (χ3v) is 7.31. The van der Waals surface area contributed by atoms with Crippen molar-refractivity contribution in [2.75, 3.05) is 0 Å². The Labute approximate surface area is 202 Å². The number of hydrogen-bond acceptors (Lipinski definition) is 2. The highest BCUT2D eigenvalue weighted by molar-refractivity contribution is 6.21. The molecule has 2 aliphatic heterocycles. The minimum Gasteiger partial charge on any atom is -0.456 e. The summed E-state index contributed by atoms with van der Waals surface area (Å²) in [5, 5.41) is 7.46. The second-order valence-electron chi connectivity index (χ2n) is 13.1. The highest BCUT2D eigenvalue weighted by atomic mass is 16.5. The van der Waals surface area contributed by atoms with Crippen LogP contribution in [0.4, 0.5) is 11.4 Å². The number of benzene rings is 3. The molecule has 0 unspecified atom stereocenters. The molecule has 0 fully saturated rings. The summed E-state index contributed by atoms with van der Waals surface area (Å²) < 4.78 is 6.66. The number of nitrogens with zero attached hydrogens (tertiary/aromatic N) is 2. The molecule has 0 saturated carbocycles. The van der Waals surface area contributed by atoms with Crippen LogP contribution in [0.3, 0.4) is 0 Å². The molecule has 3 nitrogen and oxygen atoms in total. The second-order valence-corrected chi connectivity index (χ2v) is 13.1. The van der Waals surface area contributed by atoms with Gasteiger partial charge in [-0.1, -0.05) is 62.3 Å².